The van der Waals surface area contributed by atoms with Gasteiger partial charge in [0.1, 0.15) is 5.75 Å². The minimum absolute atomic E-state index is 0.357. The molecular formula is C16H12FNO2. The van der Waals surface area contributed by atoms with Gasteiger partial charge in [0.05, 0.1) is 7.11 Å². The summed E-state index contributed by atoms with van der Waals surface area (Å²) in [6, 6.07) is 9.87. The van der Waals surface area contributed by atoms with Crippen molar-refractivity contribution < 1.29 is 14.2 Å². The normalized spacial score (nSPS) is 10.7. The molecule has 0 amide bonds. The van der Waals surface area contributed by atoms with Crippen molar-refractivity contribution >= 4 is 10.8 Å². The van der Waals surface area contributed by atoms with Crippen molar-refractivity contribution in [3.63, 3.8) is 0 Å². The van der Waals surface area contributed by atoms with Crippen LogP contribution in [0.5, 0.6) is 11.5 Å². The molecule has 20 heavy (non-hydrogen) atoms. The molecule has 0 aliphatic rings. The number of aromatic nitrogens is 1. The van der Waals surface area contributed by atoms with Gasteiger partial charge in [0.15, 0.2) is 11.6 Å². The van der Waals surface area contributed by atoms with Crippen molar-refractivity contribution in [1.82, 2.24) is 4.98 Å². The predicted molar refractivity (Wildman–Crippen MR) is 75.4 cm³/mol. The molecule has 0 atom stereocenters. The maximum Gasteiger partial charge on any atom is 0.165 e. The van der Waals surface area contributed by atoms with E-state index >= 15 is 0 Å². The first-order valence-corrected chi connectivity index (χ1v) is 6.10. The van der Waals surface area contributed by atoms with Crippen LogP contribution in [0.4, 0.5) is 4.39 Å². The quantitative estimate of drug-likeness (QED) is 0.770. The molecule has 3 nitrogen and oxygen atoms in total. The fourth-order valence-electron chi connectivity index (χ4n) is 2.27. The maximum atomic E-state index is 13.5. The Morgan fingerprint density at radius 3 is 2.70 bits per heavy atom. The molecule has 0 aliphatic carbocycles. The van der Waals surface area contributed by atoms with E-state index in [0.29, 0.717) is 5.56 Å². The SMILES string of the molecule is COc1ccc(-c2ccc(O)c(F)c2)c2cnccc12. The summed E-state index contributed by atoms with van der Waals surface area (Å²) in [4.78, 5) is 4.12. The topological polar surface area (TPSA) is 42.4 Å². The Labute approximate surface area is 115 Å². The van der Waals surface area contributed by atoms with Gasteiger partial charge < -0.3 is 9.84 Å². The van der Waals surface area contributed by atoms with Crippen LogP contribution in [0.1, 0.15) is 0 Å². The predicted octanol–water partition coefficient (Wildman–Crippen LogP) is 3.76. The average molecular weight is 269 g/mol. The summed E-state index contributed by atoms with van der Waals surface area (Å²) in [5.74, 6) is -0.259. The van der Waals surface area contributed by atoms with E-state index in [0.717, 1.165) is 22.1 Å². The van der Waals surface area contributed by atoms with Gasteiger partial charge in [-0.15, -0.1) is 0 Å². The molecular weight excluding hydrogens is 257 g/mol. The fraction of sp³-hybridized carbons (Fsp3) is 0.0625. The summed E-state index contributed by atoms with van der Waals surface area (Å²) in [6.07, 6.45) is 3.41. The lowest BCUT2D eigenvalue weighted by atomic mass is 9.99. The van der Waals surface area contributed by atoms with E-state index in [1.54, 1.807) is 25.6 Å². The maximum absolute atomic E-state index is 13.5. The van der Waals surface area contributed by atoms with Crippen molar-refractivity contribution in [3.05, 3.63) is 54.6 Å². The van der Waals surface area contributed by atoms with Gasteiger partial charge in [0, 0.05) is 23.2 Å². The highest BCUT2D eigenvalue weighted by atomic mass is 19.1. The smallest absolute Gasteiger partial charge is 0.165 e. The van der Waals surface area contributed by atoms with Crippen molar-refractivity contribution in [2.45, 2.75) is 0 Å². The number of ether oxygens (including phenoxy) is 1. The number of rotatable bonds is 2. The Balaban J connectivity index is 2.29. The lowest BCUT2D eigenvalue weighted by Gasteiger charge is -2.10. The Bertz CT molecular complexity index is 787. The zero-order valence-electron chi connectivity index (χ0n) is 10.8. The van der Waals surface area contributed by atoms with Crippen molar-refractivity contribution in [3.8, 4) is 22.6 Å². The molecule has 0 fully saturated rings. The first-order chi connectivity index (χ1) is 9.70. The minimum atomic E-state index is -0.643. The first-order valence-electron chi connectivity index (χ1n) is 6.10. The summed E-state index contributed by atoms with van der Waals surface area (Å²) in [6.45, 7) is 0. The summed E-state index contributed by atoms with van der Waals surface area (Å²) >= 11 is 0. The molecule has 0 unspecified atom stereocenters. The largest absolute Gasteiger partial charge is 0.505 e. The highest BCUT2D eigenvalue weighted by Gasteiger charge is 2.10. The van der Waals surface area contributed by atoms with Gasteiger partial charge in [0.25, 0.3) is 0 Å². The van der Waals surface area contributed by atoms with E-state index in [1.807, 2.05) is 18.2 Å². The van der Waals surface area contributed by atoms with Gasteiger partial charge in [0.2, 0.25) is 0 Å². The average Bonchev–Trinajstić information content (AvgIpc) is 2.49. The van der Waals surface area contributed by atoms with Gasteiger partial charge in [-0.2, -0.15) is 0 Å². The van der Waals surface area contributed by atoms with Crippen LogP contribution in [0.25, 0.3) is 21.9 Å². The van der Waals surface area contributed by atoms with Crippen LogP contribution in [-0.4, -0.2) is 17.2 Å². The van der Waals surface area contributed by atoms with Crippen LogP contribution in [-0.2, 0) is 0 Å². The van der Waals surface area contributed by atoms with Gasteiger partial charge in [-0.25, -0.2) is 4.39 Å². The zero-order valence-corrected chi connectivity index (χ0v) is 10.8. The van der Waals surface area contributed by atoms with Gasteiger partial charge in [-0.05, 0) is 41.5 Å². The number of hydrogen-bond acceptors (Lipinski definition) is 3. The highest BCUT2D eigenvalue weighted by molar-refractivity contribution is 5.99. The fourth-order valence-corrected chi connectivity index (χ4v) is 2.27. The number of phenolic OH excluding ortho intramolecular Hbond substituents is 1. The summed E-state index contributed by atoms with van der Waals surface area (Å²) < 4.78 is 18.8. The number of methoxy groups -OCH3 is 1. The van der Waals surface area contributed by atoms with Crippen LogP contribution < -0.4 is 4.74 Å². The Kier molecular flexibility index (Phi) is 2.99. The van der Waals surface area contributed by atoms with E-state index in [4.69, 9.17) is 4.74 Å². The third kappa shape index (κ3) is 1.95. The number of nitrogens with zero attached hydrogens (tertiary/aromatic N) is 1. The highest BCUT2D eigenvalue weighted by Crippen LogP contribution is 2.34. The lowest BCUT2D eigenvalue weighted by Crippen LogP contribution is -1.89. The molecule has 0 aliphatic heterocycles. The van der Waals surface area contributed by atoms with E-state index in [9.17, 15) is 9.50 Å². The number of hydrogen-bond donors (Lipinski definition) is 1. The van der Waals surface area contributed by atoms with Crippen LogP contribution in [0, 0.1) is 5.82 Å². The van der Waals surface area contributed by atoms with E-state index in [2.05, 4.69) is 4.98 Å². The molecule has 0 saturated carbocycles. The number of benzene rings is 2. The monoisotopic (exact) mass is 269 g/mol. The number of aromatic hydroxyl groups is 1. The minimum Gasteiger partial charge on any atom is -0.505 e. The molecule has 1 heterocycles. The number of halogens is 1. The van der Waals surface area contributed by atoms with Crippen LogP contribution in [0.3, 0.4) is 0 Å². The molecule has 1 N–H and O–H groups in total. The second-order valence-corrected chi connectivity index (χ2v) is 4.40. The van der Waals surface area contributed by atoms with E-state index in [1.165, 1.54) is 12.1 Å². The summed E-state index contributed by atoms with van der Waals surface area (Å²) in [5.41, 5.74) is 1.52. The molecule has 2 aromatic carbocycles. The third-order valence-electron chi connectivity index (χ3n) is 3.26. The third-order valence-corrected chi connectivity index (χ3v) is 3.26. The Hall–Kier alpha value is -2.62. The zero-order chi connectivity index (χ0) is 14.1. The molecule has 0 saturated heterocycles. The number of phenols is 1. The molecule has 1 aromatic heterocycles. The van der Waals surface area contributed by atoms with Gasteiger partial charge in [-0.1, -0.05) is 6.07 Å². The Morgan fingerprint density at radius 1 is 1.10 bits per heavy atom. The van der Waals surface area contributed by atoms with Crippen LogP contribution >= 0.6 is 0 Å². The van der Waals surface area contributed by atoms with Gasteiger partial charge in [-0.3, -0.25) is 4.98 Å². The number of pyridine rings is 1. The Morgan fingerprint density at radius 2 is 1.95 bits per heavy atom. The molecule has 0 bridgehead atoms. The molecule has 4 heteroatoms. The standard InChI is InChI=1S/C16H12FNO2/c1-20-16-5-3-11(13-9-18-7-6-12(13)16)10-2-4-15(19)14(17)8-10/h2-9,19H,1H3. The van der Waals surface area contributed by atoms with Crippen molar-refractivity contribution in [2.75, 3.05) is 7.11 Å². The van der Waals surface area contributed by atoms with Crippen molar-refractivity contribution in [1.29, 1.82) is 0 Å². The van der Waals surface area contributed by atoms with E-state index < -0.39 is 5.82 Å². The van der Waals surface area contributed by atoms with Crippen LogP contribution in [0.15, 0.2) is 48.8 Å². The molecule has 3 rings (SSSR count). The molecule has 100 valence electrons. The lowest BCUT2D eigenvalue weighted by molar-refractivity contribution is 0.420. The summed E-state index contributed by atoms with van der Waals surface area (Å²) in [5, 5.41) is 11.1. The van der Waals surface area contributed by atoms with Crippen molar-refractivity contribution in [2.24, 2.45) is 0 Å². The van der Waals surface area contributed by atoms with E-state index in [-0.39, 0.29) is 5.75 Å². The molecule has 0 spiro atoms. The first kappa shape index (κ1) is 12.4. The second-order valence-electron chi connectivity index (χ2n) is 4.40. The molecule has 3 aromatic rings. The molecule has 0 radical (unpaired) electrons. The summed E-state index contributed by atoms with van der Waals surface area (Å²) in [7, 11) is 1.61. The van der Waals surface area contributed by atoms with Gasteiger partial charge >= 0.3 is 0 Å². The second kappa shape index (κ2) is 4.81. The number of fused-ring (bicyclic) bond motifs is 1. The van der Waals surface area contributed by atoms with Crippen LogP contribution in [0.2, 0.25) is 0 Å².